The van der Waals surface area contributed by atoms with Gasteiger partial charge in [-0.25, -0.2) is 18.4 Å². The first-order valence-electron chi connectivity index (χ1n) is 10.6. The largest absolute Gasteiger partial charge is 0.573 e. The Morgan fingerprint density at radius 3 is 2.09 bits per heavy atom. The lowest BCUT2D eigenvalue weighted by atomic mass is 10.0. The first-order chi connectivity index (χ1) is 16.3. The lowest BCUT2D eigenvalue weighted by molar-refractivity contribution is -0.274. The van der Waals surface area contributed by atoms with Gasteiger partial charge in [0, 0.05) is 45.1 Å². The van der Waals surface area contributed by atoms with Crippen LogP contribution >= 0.6 is 0 Å². The fraction of sp³-hybridized carbons (Fsp3) is 0.429. The number of primary sulfonamides is 1. The van der Waals surface area contributed by atoms with Gasteiger partial charge in [-0.2, -0.15) is 0 Å². The molecular formula is C21H23F3N4O6S. The van der Waals surface area contributed by atoms with Gasteiger partial charge < -0.3 is 23.8 Å². The van der Waals surface area contributed by atoms with Gasteiger partial charge >= 0.3 is 12.5 Å². The minimum Gasteiger partial charge on any atom is -0.445 e. The van der Waals surface area contributed by atoms with Gasteiger partial charge in [0.15, 0.2) is 5.03 Å². The van der Waals surface area contributed by atoms with Gasteiger partial charge in [0.2, 0.25) is 0 Å². The molecule has 3 heterocycles. The molecule has 0 spiro atoms. The summed E-state index contributed by atoms with van der Waals surface area (Å²) in [6, 6.07) is 7.74. The van der Waals surface area contributed by atoms with Gasteiger partial charge in [-0.1, -0.05) is 12.1 Å². The van der Waals surface area contributed by atoms with Crippen molar-refractivity contribution in [1.82, 2.24) is 14.4 Å². The standard InChI is InChI=1S/C21H23F3N4O6S/c1-26-17(6-7-18(26)35(25,31)32)19(29)27-8-14-10-28(11-15(14)9-27)20(30)33-12-13-2-4-16(5-3-13)34-21(22,23)24/h2-7,14-15H,8-12H2,1H3,(H2,25,31,32)/t14-,15-/m0/s1. The van der Waals surface area contributed by atoms with Crippen LogP contribution in [0.1, 0.15) is 16.1 Å². The van der Waals surface area contributed by atoms with Crippen LogP contribution in [0.25, 0.3) is 0 Å². The average molecular weight is 516 g/mol. The number of nitrogens with two attached hydrogens (primary N) is 1. The number of hydrogen-bond donors (Lipinski definition) is 1. The number of fused-ring (bicyclic) bond motifs is 1. The van der Waals surface area contributed by atoms with E-state index in [1.807, 2.05) is 0 Å². The third-order valence-corrected chi connectivity index (χ3v) is 7.13. The highest BCUT2D eigenvalue weighted by Crippen LogP contribution is 2.32. The van der Waals surface area contributed by atoms with Gasteiger partial charge in [0.05, 0.1) is 0 Å². The van der Waals surface area contributed by atoms with Crippen LogP contribution in [0.5, 0.6) is 5.75 Å². The van der Waals surface area contributed by atoms with Crippen LogP contribution in [0.2, 0.25) is 0 Å². The second kappa shape index (κ2) is 9.07. The minimum atomic E-state index is -4.78. The van der Waals surface area contributed by atoms with Crippen LogP contribution in [-0.4, -0.2) is 67.3 Å². The summed E-state index contributed by atoms with van der Waals surface area (Å²) in [5, 5.41) is 5.01. The fourth-order valence-corrected chi connectivity index (χ4v) is 5.22. The van der Waals surface area contributed by atoms with Crippen LogP contribution in [0.15, 0.2) is 41.4 Å². The van der Waals surface area contributed by atoms with Crippen molar-refractivity contribution in [2.24, 2.45) is 24.0 Å². The predicted molar refractivity (Wildman–Crippen MR) is 115 cm³/mol. The first-order valence-corrected chi connectivity index (χ1v) is 12.1. The van der Waals surface area contributed by atoms with E-state index in [2.05, 4.69) is 4.74 Å². The van der Waals surface area contributed by atoms with Crippen molar-refractivity contribution < 1.29 is 40.7 Å². The van der Waals surface area contributed by atoms with E-state index in [-0.39, 0.29) is 40.8 Å². The van der Waals surface area contributed by atoms with Crippen molar-refractivity contribution in [2.45, 2.75) is 18.0 Å². The molecule has 0 bridgehead atoms. The van der Waals surface area contributed by atoms with Crippen LogP contribution in [0.4, 0.5) is 18.0 Å². The van der Waals surface area contributed by atoms with Gasteiger partial charge in [-0.05, 0) is 29.8 Å². The quantitative estimate of drug-likeness (QED) is 0.648. The molecule has 2 aromatic rings. The van der Waals surface area contributed by atoms with E-state index in [0.717, 1.165) is 12.1 Å². The highest BCUT2D eigenvalue weighted by molar-refractivity contribution is 7.89. The number of likely N-dealkylation sites (tertiary alicyclic amines) is 2. The molecule has 0 aliphatic carbocycles. The molecule has 2 aliphatic heterocycles. The molecule has 1 aromatic carbocycles. The van der Waals surface area contributed by atoms with Gasteiger partial charge in [0.25, 0.3) is 15.9 Å². The molecule has 2 fully saturated rings. The van der Waals surface area contributed by atoms with Crippen molar-refractivity contribution in [3.63, 3.8) is 0 Å². The SMILES string of the molecule is Cn1c(C(=O)N2C[C@H]3CN(C(=O)OCc4ccc(OC(F)(F)F)cc4)C[C@@H]3C2)ccc1S(N)(=O)=O. The van der Waals surface area contributed by atoms with E-state index in [4.69, 9.17) is 9.88 Å². The lowest BCUT2D eigenvalue weighted by Crippen LogP contribution is -2.36. The maximum atomic E-state index is 12.9. The van der Waals surface area contributed by atoms with E-state index in [1.165, 1.54) is 35.9 Å². The lowest BCUT2D eigenvalue weighted by Gasteiger charge is -2.22. The Kier molecular flexibility index (Phi) is 6.44. The van der Waals surface area contributed by atoms with Gasteiger partial charge in [-0.15, -0.1) is 13.2 Å². The number of amides is 2. The van der Waals surface area contributed by atoms with Gasteiger partial charge in [0.1, 0.15) is 18.1 Å². The highest BCUT2D eigenvalue weighted by Gasteiger charge is 2.44. The molecule has 190 valence electrons. The molecule has 10 nitrogen and oxygen atoms in total. The number of aromatic nitrogens is 1. The Balaban J connectivity index is 1.28. The molecule has 2 amide bonds. The number of ether oxygens (including phenoxy) is 2. The van der Waals surface area contributed by atoms with E-state index < -0.39 is 22.5 Å². The second-order valence-corrected chi connectivity index (χ2v) is 10.1. The van der Waals surface area contributed by atoms with Crippen LogP contribution < -0.4 is 9.88 Å². The number of carbonyl (C=O) groups is 2. The molecule has 0 radical (unpaired) electrons. The Morgan fingerprint density at radius 1 is 1.00 bits per heavy atom. The molecule has 2 N–H and O–H groups in total. The normalized spacial score (nSPS) is 20.1. The zero-order valence-corrected chi connectivity index (χ0v) is 19.4. The first kappa shape index (κ1) is 24.9. The zero-order valence-electron chi connectivity index (χ0n) is 18.6. The molecule has 4 rings (SSSR count). The molecule has 2 atom stereocenters. The summed E-state index contributed by atoms with van der Waals surface area (Å²) in [6.45, 7) is 1.48. The van der Waals surface area contributed by atoms with Crippen molar-refractivity contribution in [2.75, 3.05) is 26.2 Å². The van der Waals surface area contributed by atoms with Crippen molar-refractivity contribution in [3.05, 3.63) is 47.7 Å². The molecule has 2 aliphatic rings. The van der Waals surface area contributed by atoms with E-state index in [9.17, 15) is 31.2 Å². The summed E-state index contributed by atoms with van der Waals surface area (Å²) in [6.07, 6.45) is -5.33. The molecule has 2 saturated heterocycles. The Hall–Kier alpha value is -3.26. The Bertz CT molecular complexity index is 1210. The van der Waals surface area contributed by atoms with Crippen molar-refractivity contribution in [1.29, 1.82) is 0 Å². The number of hydrogen-bond acceptors (Lipinski definition) is 6. The third kappa shape index (κ3) is 5.53. The molecule has 14 heteroatoms. The number of alkyl halides is 3. The molecule has 35 heavy (non-hydrogen) atoms. The van der Waals surface area contributed by atoms with E-state index in [0.29, 0.717) is 31.7 Å². The number of halogens is 3. The number of benzene rings is 1. The maximum Gasteiger partial charge on any atom is 0.573 e. The Labute approximate surface area is 199 Å². The summed E-state index contributed by atoms with van der Waals surface area (Å²) in [7, 11) is -2.50. The number of carbonyl (C=O) groups excluding carboxylic acids is 2. The molecular weight excluding hydrogens is 493 g/mol. The van der Waals surface area contributed by atoms with Crippen LogP contribution in [0.3, 0.4) is 0 Å². The maximum absolute atomic E-state index is 12.9. The summed E-state index contributed by atoms with van der Waals surface area (Å²) in [4.78, 5) is 28.5. The summed E-state index contributed by atoms with van der Waals surface area (Å²) < 4.78 is 70.3. The van der Waals surface area contributed by atoms with Crippen LogP contribution in [0, 0.1) is 11.8 Å². The topological polar surface area (TPSA) is 124 Å². The molecule has 0 unspecified atom stereocenters. The number of rotatable bonds is 5. The minimum absolute atomic E-state index is 0.0447. The van der Waals surface area contributed by atoms with Crippen LogP contribution in [-0.2, 0) is 28.4 Å². The Morgan fingerprint density at radius 2 is 1.57 bits per heavy atom. The zero-order chi connectivity index (χ0) is 25.5. The number of sulfonamides is 1. The summed E-state index contributed by atoms with van der Waals surface area (Å²) >= 11 is 0. The smallest absolute Gasteiger partial charge is 0.445 e. The third-order valence-electron chi connectivity index (χ3n) is 6.14. The molecule has 0 saturated carbocycles. The molecule has 1 aromatic heterocycles. The number of nitrogens with zero attached hydrogens (tertiary/aromatic N) is 3. The predicted octanol–water partition coefficient (Wildman–Crippen LogP) is 1.91. The summed E-state index contributed by atoms with van der Waals surface area (Å²) in [5.41, 5.74) is 0.711. The highest BCUT2D eigenvalue weighted by atomic mass is 32.2. The van der Waals surface area contributed by atoms with Crippen molar-refractivity contribution >= 4 is 22.0 Å². The van der Waals surface area contributed by atoms with E-state index in [1.54, 1.807) is 9.80 Å². The van der Waals surface area contributed by atoms with Crippen molar-refractivity contribution in [3.8, 4) is 5.75 Å². The second-order valence-electron chi connectivity index (χ2n) is 8.54. The average Bonchev–Trinajstić information content (AvgIpc) is 3.44. The summed E-state index contributed by atoms with van der Waals surface area (Å²) in [5.74, 6) is -0.592. The monoisotopic (exact) mass is 516 g/mol. The van der Waals surface area contributed by atoms with E-state index >= 15 is 0 Å². The van der Waals surface area contributed by atoms with Gasteiger partial charge in [-0.3, -0.25) is 4.79 Å². The fourth-order valence-electron chi connectivity index (χ4n) is 4.49.